The third kappa shape index (κ3) is 3.19. The van der Waals surface area contributed by atoms with Crippen molar-refractivity contribution in [3.8, 4) is 0 Å². The second kappa shape index (κ2) is 5.95. The van der Waals surface area contributed by atoms with E-state index in [4.69, 9.17) is 11.6 Å². The van der Waals surface area contributed by atoms with Gasteiger partial charge >= 0.3 is 0 Å². The summed E-state index contributed by atoms with van der Waals surface area (Å²) in [6.07, 6.45) is 1.42. The minimum atomic E-state index is -0.670. The van der Waals surface area contributed by atoms with Gasteiger partial charge in [0.15, 0.2) is 11.6 Å². The van der Waals surface area contributed by atoms with E-state index in [2.05, 4.69) is 10.3 Å². The summed E-state index contributed by atoms with van der Waals surface area (Å²) in [4.78, 5) is 3.81. The summed E-state index contributed by atoms with van der Waals surface area (Å²) in [5.41, 5.74) is 0.453. The van der Waals surface area contributed by atoms with Crippen molar-refractivity contribution in [1.82, 2.24) is 4.98 Å². The number of halogens is 3. The molecule has 1 aromatic heterocycles. The van der Waals surface area contributed by atoms with Crippen molar-refractivity contribution in [1.29, 1.82) is 0 Å². The molecule has 0 spiro atoms. The van der Waals surface area contributed by atoms with Gasteiger partial charge in [-0.1, -0.05) is 17.7 Å². The number of nitrogens with one attached hydrogen (secondary N) is 1. The number of hydrogen-bond donors (Lipinski definition) is 2. The van der Waals surface area contributed by atoms with Gasteiger partial charge in [0.05, 0.1) is 17.7 Å². The van der Waals surface area contributed by atoms with Gasteiger partial charge in [0.1, 0.15) is 5.82 Å². The van der Waals surface area contributed by atoms with Crippen LogP contribution in [0.1, 0.15) is 11.6 Å². The molecule has 1 atom stereocenters. The lowest BCUT2D eigenvalue weighted by atomic mass is 10.1. The Morgan fingerprint density at radius 3 is 2.68 bits per heavy atom. The van der Waals surface area contributed by atoms with Gasteiger partial charge in [0.25, 0.3) is 0 Å². The van der Waals surface area contributed by atoms with E-state index in [-0.39, 0.29) is 17.4 Å². The molecule has 100 valence electrons. The van der Waals surface area contributed by atoms with Crippen LogP contribution in [0.3, 0.4) is 0 Å². The van der Waals surface area contributed by atoms with Gasteiger partial charge in [-0.3, -0.25) is 0 Å². The van der Waals surface area contributed by atoms with E-state index in [0.717, 1.165) is 0 Å². The molecule has 1 heterocycles. The fraction of sp³-hybridized carbons (Fsp3) is 0.154. The van der Waals surface area contributed by atoms with Gasteiger partial charge in [-0.25, -0.2) is 13.8 Å². The van der Waals surface area contributed by atoms with Crippen molar-refractivity contribution >= 4 is 17.4 Å². The molecule has 2 rings (SSSR count). The second-order valence-electron chi connectivity index (χ2n) is 3.89. The van der Waals surface area contributed by atoms with Crippen molar-refractivity contribution < 1.29 is 13.9 Å². The Morgan fingerprint density at radius 1 is 1.26 bits per heavy atom. The maximum Gasteiger partial charge on any atom is 0.165 e. The molecule has 0 saturated carbocycles. The van der Waals surface area contributed by atoms with E-state index in [1.807, 2.05) is 0 Å². The van der Waals surface area contributed by atoms with Gasteiger partial charge in [-0.15, -0.1) is 0 Å². The predicted octanol–water partition coefficient (Wildman–Crippen LogP) is 3.16. The molecule has 6 heteroatoms. The SMILES string of the molecule is OC[C@H](Nc1ncccc1F)c1ccc(Cl)c(F)c1. The number of anilines is 1. The van der Waals surface area contributed by atoms with Crippen molar-refractivity contribution in [3.05, 3.63) is 58.7 Å². The Kier molecular flexibility index (Phi) is 4.29. The Morgan fingerprint density at radius 2 is 2.05 bits per heavy atom. The van der Waals surface area contributed by atoms with Crippen molar-refractivity contribution in [2.75, 3.05) is 11.9 Å². The molecule has 1 aromatic carbocycles. The number of benzene rings is 1. The Labute approximate surface area is 113 Å². The van der Waals surface area contributed by atoms with E-state index < -0.39 is 17.7 Å². The molecule has 0 bridgehead atoms. The van der Waals surface area contributed by atoms with E-state index >= 15 is 0 Å². The van der Waals surface area contributed by atoms with Crippen molar-refractivity contribution in [3.63, 3.8) is 0 Å². The summed E-state index contributed by atoms with van der Waals surface area (Å²) in [5.74, 6) is -1.15. The first kappa shape index (κ1) is 13.7. The van der Waals surface area contributed by atoms with Gasteiger partial charge in [0.2, 0.25) is 0 Å². The molecule has 0 fully saturated rings. The van der Waals surface area contributed by atoms with Crippen LogP contribution in [0.2, 0.25) is 5.02 Å². The van der Waals surface area contributed by atoms with Crippen LogP contribution < -0.4 is 5.32 Å². The average Bonchev–Trinajstić information content (AvgIpc) is 2.41. The molecule has 0 aliphatic carbocycles. The summed E-state index contributed by atoms with van der Waals surface area (Å²) in [6.45, 7) is -0.336. The first-order valence-corrected chi connectivity index (χ1v) is 5.92. The smallest absolute Gasteiger partial charge is 0.165 e. The Bertz CT molecular complexity index is 580. The Hall–Kier alpha value is -1.72. The van der Waals surface area contributed by atoms with E-state index in [0.29, 0.717) is 5.56 Å². The van der Waals surface area contributed by atoms with Crippen LogP contribution in [0.25, 0.3) is 0 Å². The summed E-state index contributed by atoms with van der Waals surface area (Å²) < 4.78 is 26.8. The number of aliphatic hydroxyl groups is 1. The highest BCUT2D eigenvalue weighted by molar-refractivity contribution is 6.30. The second-order valence-corrected chi connectivity index (χ2v) is 4.29. The monoisotopic (exact) mass is 284 g/mol. The summed E-state index contributed by atoms with van der Waals surface area (Å²) in [5, 5.41) is 12.0. The van der Waals surface area contributed by atoms with Crippen LogP contribution in [-0.2, 0) is 0 Å². The maximum atomic E-state index is 13.4. The van der Waals surface area contributed by atoms with Crippen LogP contribution in [0, 0.1) is 11.6 Å². The molecule has 19 heavy (non-hydrogen) atoms. The molecular weight excluding hydrogens is 274 g/mol. The lowest BCUT2D eigenvalue weighted by molar-refractivity contribution is 0.275. The molecule has 0 aliphatic rings. The highest BCUT2D eigenvalue weighted by Crippen LogP contribution is 2.23. The number of rotatable bonds is 4. The quantitative estimate of drug-likeness (QED) is 0.906. The van der Waals surface area contributed by atoms with E-state index in [9.17, 15) is 13.9 Å². The van der Waals surface area contributed by atoms with E-state index in [1.165, 1.54) is 30.5 Å². The zero-order valence-corrected chi connectivity index (χ0v) is 10.5. The molecule has 2 N–H and O–H groups in total. The van der Waals surface area contributed by atoms with Crippen LogP contribution in [-0.4, -0.2) is 16.7 Å². The number of aliphatic hydroxyl groups excluding tert-OH is 1. The summed E-state index contributed by atoms with van der Waals surface area (Å²) in [6, 6.07) is 6.15. The van der Waals surface area contributed by atoms with Gasteiger partial charge < -0.3 is 10.4 Å². The topological polar surface area (TPSA) is 45.1 Å². The molecule has 0 unspecified atom stereocenters. The van der Waals surface area contributed by atoms with Gasteiger partial charge in [-0.05, 0) is 29.8 Å². The summed E-state index contributed by atoms with van der Waals surface area (Å²) >= 11 is 5.58. The first-order valence-electron chi connectivity index (χ1n) is 5.54. The fourth-order valence-corrected chi connectivity index (χ4v) is 1.74. The molecular formula is C13H11ClF2N2O. The largest absolute Gasteiger partial charge is 0.394 e. The Balaban J connectivity index is 2.25. The van der Waals surface area contributed by atoms with Crippen molar-refractivity contribution in [2.24, 2.45) is 0 Å². The number of aromatic nitrogens is 1. The van der Waals surface area contributed by atoms with E-state index in [1.54, 1.807) is 6.07 Å². The molecule has 0 aliphatic heterocycles. The standard InChI is InChI=1S/C13H11ClF2N2O/c14-9-4-3-8(6-11(9)16)12(7-19)18-13-10(15)2-1-5-17-13/h1-6,12,19H,7H2,(H,17,18)/t12-/m0/s1. The molecule has 2 aromatic rings. The highest BCUT2D eigenvalue weighted by Gasteiger charge is 2.14. The van der Waals surface area contributed by atoms with Crippen LogP contribution in [0.4, 0.5) is 14.6 Å². The zero-order chi connectivity index (χ0) is 13.8. The first-order chi connectivity index (χ1) is 9.11. The molecule has 0 radical (unpaired) electrons. The van der Waals surface area contributed by atoms with Gasteiger partial charge in [-0.2, -0.15) is 0 Å². The summed E-state index contributed by atoms with van der Waals surface area (Å²) in [7, 11) is 0. The molecule has 3 nitrogen and oxygen atoms in total. The number of hydrogen-bond acceptors (Lipinski definition) is 3. The van der Waals surface area contributed by atoms with Crippen LogP contribution in [0.15, 0.2) is 36.5 Å². The van der Waals surface area contributed by atoms with Crippen LogP contribution in [0.5, 0.6) is 0 Å². The zero-order valence-electron chi connectivity index (χ0n) is 9.78. The molecule has 0 saturated heterocycles. The number of nitrogens with zero attached hydrogens (tertiary/aromatic N) is 1. The lowest BCUT2D eigenvalue weighted by Crippen LogP contribution is -2.16. The number of pyridine rings is 1. The molecule has 0 amide bonds. The highest BCUT2D eigenvalue weighted by atomic mass is 35.5. The maximum absolute atomic E-state index is 13.4. The van der Waals surface area contributed by atoms with Gasteiger partial charge in [0, 0.05) is 6.20 Å². The normalized spacial score (nSPS) is 12.2. The fourth-order valence-electron chi connectivity index (χ4n) is 1.62. The predicted molar refractivity (Wildman–Crippen MR) is 69.1 cm³/mol. The van der Waals surface area contributed by atoms with Crippen LogP contribution >= 0.6 is 11.6 Å². The minimum absolute atomic E-state index is 0.00286. The third-order valence-corrected chi connectivity index (χ3v) is 2.90. The average molecular weight is 285 g/mol. The third-order valence-electron chi connectivity index (χ3n) is 2.60. The van der Waals surface area contributed by atoms with Crippen molar-refractivity contribution in [2.45, 2.75) is 6.04 Å². The minimum Gasteiger partial charge on any atom is -0.394 e. The lowest BCUT2D eigenvalue weighted by Gasteiger charge is -2.17.